The van der Waals surface area contributed by atoms with Gasteiger partial charge in [-0.3, -0.25) is 0 Å². The third-order valence-corrected chi connectivity index (χ3v) is 0.741. The standard InChI is InChI=1S/C6H6N2.W/c1-2-4-8-5-3-7-6-8;/h2-5H,1H2;/q-2;+2/b4-2-;. The predicted molar refractivity (Wildman–Crippen MR) is 31.7 cm³/mol. The Hall–Kier alpha value is -0.492. The molecule has 0 amide bonds. The quantitative estimate of drug-likeness (QED) is 0.705. The van der Waals surface area contributed by atoms with Crippen LogP contribution in [0.5, 0.6) is 0 Å². The first-order valence-corrected chi connectivity index (χ1v) is 2.30. The first kappa shape index (κ1) is 8.51. The maximum absolute atomic E-state index is 3.70. The average Bonchev–Trinajstić information content (AvgIpc) is 2.19. The Morgan fingerprint density at radius 1 is 1.67 bits per heavy atom. The van der Waals surface area contributed by atoms with Crippen molar-refractivity contribution in [2.24, 2.45) is 0 Å². The van der Waals surface area contributed by atoms with Crippen LogP contribution in [0.25, 0.3) is 6.20 Å². The normalized spacial score (nSPS) is 9.33. The van der Waals surface area contributed by atoms with Crippen LogP contribution in [0.1, 0.15) is 0 Å². The SMILES string of the molecule is [CH2-]/C=C\n1[c-]ncc1.[W+2]. The van der Waals surface area contributed by atoms with Crippen LogP contribution in [0, 0.1) is 13.3 Å². The molecule has 1 aromatic rings. The van der Waals surface area contributed by atoms with Crippen LogP contribution in [0.15, 0.2) is 18.5 Å². The molecule has 9 heavy (non-hydrogen) atoms. The molecule has 0 radical (unpaired) electrons. The zero-order chi connectivity index (χ0) is 5.82. The van der Waals surface area contributed by atoms with Crippen LogP contribution >= 0.6 is 0 Å². The van der Waals surface area contributed by atoms with E-state index in [1.165, 1.54) is 0 Å². The Morgan fingerprint density at radius 2 is 2.44 bits per heavy atom. The van der Waals surface area contributed by atoms with Crippen LogP contribution in [0.3, 0.4) is 0 Å². The van der Waals surface area contributed by atoms with Gasteiger partial charge in [-0.05, 0) is 0 Å². The number of hydrogen-bond donors (Lipinski definition) is 0. The minimum Gasteiger partial charge on any atom is -0.440 e. The van der Waals surface area contributed by atoms with Gasteiger partial charge in [0.2, 0.25) is 0 Å². The molecule has 0 fully saturated rings. The van der Waals surface area contributed by atoms with Gasteiger partial charge in [-0.2, -0.15) is 6.08 Å². The molecule has 0 bridgehead atoms. The van der Waals surface area contributed by atoms with E-state index in [0.717, 1.165) is 0 Å². The van der Waals surface area contributed by atoms with Crippen LogP contribution < -0.4 is 0 Å². The molecule has 2 nitrogen and oxygen atoms in total. The smallest absolute Gasteiger partial charge is 0.440 e. The molecule has 46 valence electrons. The minimum absolute atomic E-state index is 0. The summed E-state index contributed by atoms with van der Waals surface area (Å²) in [7, 11) is 0. The summed E-state index contributed by atoms with van der Waals surface area (Å²) in [6.07, 6.45) is 9.59. The van der Waals surface area contributed by atoms with Crippen molar-refractivity contribution >= 4 is 6.20 Å². The molecule has 0 aromatic carbocycles. The van der Waals surface area contributed by atoms with Crippen LogP contribution in [-0.4, -0.2) is 9.55 Å². The summed E-state index contributed by atoms with van der Waals surface area (Å²) < 4.78 is 1.70. The van der Waals surface area contributed by atoms with Gasteiger partial charge in [0.1, 0.15) is 0 Å². The van der Waals surface area contributed by atoms with Crippen LogP contribution in [0.2, 0.25) is 0 Å². The molecule has 0 aliphatic carbocycles. The second-order valence-electron chi connectivity index (χ2n) is 1.32. The number of rotatable bonds is 1. The second kappa shape index (κ2) is 4.39. The first-order valence-electron chi connectivity index (χ1n) is 2.30. The Morgan fingerprint density at radius 3 is 2.89 bits per heavy atom. The van der Waals surface area contributed by atoms with E-state index >= 15 is 0 Å². The number of imidazole rings is 1. The summed E-state index contributed by atoms with van der Waals surface area (Å²) in [6.45, 7) is 3.51. The molecule has 0 aliphatic rings. The van der Waals surface area contributed by atoms with E-state index in [4.69, 9.17) is 0 Å². The fraction of sp³-hybridized carbons (Fsp3) is 0. The summed E-state index contributed by atoms with van der Waals surface area (Å²) >= 11 is 0. The summed E-state index contributed by atoms with van der Waals surface area (Å²) in [4.78, 5) is 3.70. The summed E-state index contributed by atoms with van der Waals surface area (Å²) in [5.74, 6) is 0. The van der Waals surface area contributed by atoms with Crippen molar-refractivity contribution < 1.29 is 21.1 Å². The topological polar surface area (TPSA) is 17.8 Å². The zero-order valence-electron chi connectivity index (χ0n) is 4.82. The predicted octanol–water partition coefficient (Wildman–Crippen LogP) is 0.986. The van der Waals surface area contributed by atoms with E-state index in [1.807, 2.05) is 0 Å². The number of nitrogens with zero attached hydrogens (tertiary/aromatic N) is 2. The van der Waals surface area contributed by atoms with Crippen LogP contribution in [0.4, 0.5) is 0 Å². The van der Waals surface area contributed by atoms with E-state index in [1.54, 1.807) is 29.2 Å². The fourth-order valence-electron chi connectivity index (χ4n) is 0.435. The molecule has 0 atom stereocenters. The largest absolute Gasteiger partial charge is 2.00 e. The minimum atomic E-state index is 0. The van der Waals surface area contributed by atoms with Gasteiger partial charge in [0.15, 0.2) is 0 Å². The third-order valence-electron chi connectivity index (χ3n) is 0.741. The third kappa shape index (κ3) is 2.52. The molecule has 1 heterocycles. The Labute approximate surface area is 68.9 Å². The van der Waals surface area contributed by atoms with Gasteiger partial charge in [0.05, 0.1) is 0 Å². The van der Waals surface area contributed by atoms with E-state index < -0.39 is 0 Å². The maximum Gasteiger partial charge on any atom is 2.00 e. The Balaban J connectivity index is 0.000000640. The van der Waals surface area contributed by atoms with Gasteiger partial charge < -0.3 is 9.55 Å². The number of aromatic nitrogens is 2. The molecular weight excluding hydrogens is 284 g/mol. The monoisotopic (exact) mass is 290 g/mol. The molecule has 0 aliphatic heterocycles. The number of hydrogen-bond acceptors (Lipinski definition) is 1. The Kier molecular flexibility index (Phi) is 4.15. The maximum atomic E-state index is 3.70. The second-order valence-corrected chi connectivity index (χ2v) is 1.32. The molecule has 0 unspecified atom stereocenters. The fourth-order valence-corrected chi connectivity index (χ4v) is 0.435. The van der Waals surface area contributed by atoms with Crippen molar-refractivity contribution in [1.82, 2.24) is 9.55 Å². The molecule has 1 rings (SSSR count). The van der Waals surface area contributed by atoms with Gasteiger partial charge in [-0.15, -0.1) is 0 Å². The van der Waals surface area contributed by atoms with Crippen molar-refractivity contribution in [2.75, 3.05) is 0 Å². The average molecular weight is 290 g/mol. The van der Waals surface area contributed by atoms with Crippen molar-refractivity contribution in [1.29, 1.82) is 0 Å². The zero-order valence-corrected chi connectivity index (χ0v) is 7.75. The number of allylic oxidation sites excluding steroid dienone is 1. The van der Waals surface area contributed by atoms with E-state index in [2.05, 4.69) is 18.2 Å². The Bertz CT molecular complexity index is 167. The molecular formula is C6H6N2W. The van der Waals surface area contributed by atoms with Gasteiger partial charge in [0, 0.05) is 6.33 Å². The van der Waals surface area contributed by atoms with E-state index in [0.29, 0.717) is 0 Å². The molecule has 1 aromatic heterocycles. The molecule has 0 saturated heterocycles. The molecule has 0 spiro atoms. The summed E-state index contributed by atoms with van der Waals surface area (Å²) in [5.41, 5.74) is 0. The van der Waals surface area contributed by atoms with Gasteiger partial charge in [0.25, 0.3) is 0 Å². The van der Waals surface area contributed by atoms with E-state index in [-0.39, 0.29) is 21.1 Å². The van der Waals surface area contributed by atoms with Gasteiger partial charge in [-0.25, -0.2) is 6.92 Å². The van der Waals surface area contributed by atoms with Crippen molar-refractivity contribution in [3.05, 3.63) is 31.7 Å². The molecule has 0 saturated carbocycles. The van der Waals surface area contributed by atoms with Crippen molar-refractivity contribution in [3.8, 4) is 0 Å². The van der Waals surface area contributed by atoms with Crippen molar-refractivity contribution in [3.63, 3.8) is 0 Å². The summed E-state index contributed by atoms with van der Waals surface area (Å²) in [6, 6.07) is 0. The first-order chi connectivity index (χ1) is 3.93. The van der Waals surface area contributed by atoms with Crippen LogP contribution in [-0.2, 0) is 21.1 Å². The summed E-state index contributed by atoms with van der Waals surface area (Å²) in [5, 5.41) is 0. The van der Waals surface area contributed by atoms with Gasteiger partial charge in [-0.1, -0.05) is 18.6 Å². The van der Waals surface area contributed by atoms with Gasteiger partial charge >= 0.3 is 21.1 Å². The van der Waals surface area contributed by atoms with Crippen molar-refractivity contribution in [2.45, 2.75) is 0 Å². The molecule has 0 N–H and O–H groups in total. The van der Waals surface area contributed by atoms with E-state index in [9.17, 15) is 0 Å². The molecule has 3 heteroatoms.